The molecule has 0 saturated heterocycles. The highest BCUT2D eigenvalue weighted by atomic mass is 79.9. The Labute approximate surface area is 93.1 Å². The topological polar surface area (TPSA) is 35.5 Å². The number of ether oxygens (including phenoxy) is 2. The number of halogens is 3. The monoisotopic (exact) mass is 280 g/mol. The van der Waals surface area contributed by atoms with Crippen LogP contribution in [0.25, 0.3) is 0 Å². The Morgan fingerprint density at radius 1 is 1.40 bits per heavy atom. The van der Waals surface area contributed by atoms with E-state index in [9.17, 15) is 13.6 Å². The molecule has 0 N–H and O–H groups in total. The second-order valence-electron chi connectivity index (χ2n) is 2.57. The Balaban J connectivity index is 2.75. The van der Waals surface area contributed by atoms with Crippen LogP contribution in [-0.2, 0) is 9.53 Å². The van der Waals surface area contributed by atoms with E-state index < -0.39 is 24.2 Å². The average molecular weight is 281 g/mol. The van der Waals surface area contributed by atoms with Gasteiger partial charge >= 0.3 is 5.97 Å². The molecule has 1 aromatic rings. The van der Waals surface area contributed by atoms with Crippen LogP contribution in [0.15, 0.2) is 16.6 Å². The standard InChI is InChI=1S/C9H7BrF2O3/c1-14-8(13)4-15-5-2-6(11)9(10)7(12)3-5/h2-3H,4H2,1H3. The van der Waals surface area contributed by atoms with Crippen LogP contribution in [0.5, 0.6) is 5.75 Å². The lowest BCUT2D eigenvalue weighted by molar-refractivity contribution is -0.142. The van der Waals surface area contributed by atoms with E-state index in [1.165, 1.54) is 7.11 Å². The van der Waals surface area contributed by atoms with Gasteiger partial charge in [0.15, 0.2) is 6.61 Å². The number of hydrogen-bond donors (Lipinski definition) is 0. The van der Waals surface area contributed by atoms with Gasteiger partial charge in [0, 0.05) is 12.1 Å². The van der Waals surface area contributed by atoms with E-state index in [1.54, 1.807) is 0 Å². The smallest absolute Gasteiger partial charge is 0.343 e. The molecule has 0 bridgehead atoms. The van der Waals surface area contributed by atoms with Gasteiger partial charge in [-0.15, -0.1) is 0 Å². The lowest BCUT2D eigenvalue weighted by Gasteiger charge is -2.05. The molecule has 82 valence electrons. The summed E-state index contributed by atoms with van der Waals surface area (Å²) in [7, 11) is 1.19. The number of carbonyl (C=O) groups excluding carboxylic acids is 1. The largest absolute Gasteiger partial charge is 0.482 e. The van der Waals surface area contributed by atoms with Crippen molar-refractivity contribution in [3.05, 3.63) is 28.2 Å². The number of hydrogen-bond acceptors (Lipinski definition) is 3. The minimum atomic E-state index is -0.796. The number of methoxy groups -OCH3 is 1. The molecule has 0 unspecified atom stereocenters. The molecule has 0 aliphatic heterocycles. The quantitative estimate of drug-likeness (QED) is 0.630. The van der Waals surface area contributed by atoms with Gasteiger partial charge in [0.05, 0.1) is 11.6 Å². The van der Waals surface area contributed by atoms with Crippen molar-refractivity contribution in [2.24, 2.45) is 0 Å². The summed E-state index contributed by atoms with van der Waals surface area (Å²) < 4.78 is 34.8. The Hall–Kier alpha value is -1.17. The highest BCUT2D eigenvalue weighted by molar-refractivity contribution is 9.10. The molecule has 0 spiro atoms. The molecular formula is C9H7BrF2O3. The Bertz CT molecular complexity index is 359. The van der Waals surface area contributed by atoms with Crippen molar-refractivity contribution < 1.29 is 23.0 Å². The maximum absolute atomic E-state index is 13.0. The van der Waals surface area contributed by atoms with Crippen LogP contribution in [0.1, 0.15) is 0 Å². The Morgan fingerprint density at radius 2 is 1.93 bits per heavy atom. The zero-order valence-electron chi connectivity index (χ0n) is 7.72. The van der Waals surface area contributed by atoms with Gasteiger partial charge in [0.25, 0.3) is 0 Å². The van der Waals surface area contributed by atoms with Gasteiger partial charge in [-0.05, 0) is 15.9 Å². The highest BCUT2D eigenvalue weighted by Crippen LogP contribution is 2.24. The van der Waals surface area contributed by atoms with Crippen LogP contribution in [0.2, 0.25) is 0 Å². The first-order valence-electron chi connectivity index (χ1n) is 3.88. The van der Waals surface area contributed by atoms with Crippen molar-refractivity contribution in [2.45, 2.75) is 0 Å². The van der Waals surface area contributed by atoms with Crippen molar-refractivity contribution in [3.63, 3.8) is 0 Å². The van der Waals surface area contributed by atoms with Gasteiger partial charge in [0.1, 0.15) is 17.4 Å². The minimum absolute atomic E-state index is 0.0707. The van der Waals surface area contributed by atoms with E-state index in [1.807, 2.05) is 0 Å². The zero-order valence-corrected chi connectivity index (χ0v) is 9.31. The second kappa shape index (κ2) is 5.06. The number of carbonyl (C=O) groups is 1. The number of esters is 1. The molecule has 3 nitrogen and oxygen atoms in total. The average Bonchev–Trinajstić information content (AvgIpc) is 2.22. The van der Waals surface area contributed by atoms with Gasteiger partial charge < -0.3 is 9.47 Å². The first kappa shape index (κ1) is 11.9. The summed E-state index contributed by atoms with van der Waals surface area (Å²) in [5.41, 5.74) is 0. The molecule has 0 heterocycles. The second-order valence-corrected chi connectivity index (χ2v) is 3.36. The maximum Gasteiger partial charge on any atom is 0.343 e. The maximum atomic E-state index is 13.0. The SMILES string of the molecule is COC(=O)COc1cc(F)c(Br)c(F)c1. The van der Waals surface area contributed by atoms with Crippen LogP contribution in [0, 0.1) is 11.6 Å². The third-order valence-corrected chi connectivity index (χ3v) is 2.30. The van der Waals surface area contributed by atoms with Gasteiger partial charge in [-0.25, -0.2) is 13.6 Å². The Morgan fingerprint density at radius 3 is 2.40 bits per heavy atom. The molecule has 0 radical (unpaired) electrons. The van der Waals surface area contributed by atoms with Crippen molar-refractivity contribution >= 4 is 21.9 Å². The predicted octanol–water partition coefficient (Wildman–Crippen LogP) is 2.28. The van der Waals surface area contributed by atoms with E-state index in [2.05, 4.69) is 20.7 Å². The lowest BCUT2D eigenvalue weighted by Crippen LogP contribution is -2.12. The molecule has 15 heavy (non-hydrogen) atoms. The fraction of sp³-hybridized carbons (Fsp3) is 0.222. The molecule has 0 atom stereocenters. The number of rotatable bonds is 3. The third-order valence-electron chi connectivity index (χ3n) is 1.54. The molecule has 0 aromatic heterocycles. The fourth-order valence-electron chi connectivity index (χ4n) is 0.817. The Kier molecular flexibility index (Phi) is 4.02. The summed E-state index contributed by atoms with van der Waals surface area (Å²) in [6.45, 7) is -0.392. The van der Waals surface area contributed by atoms with Crippen LogP contribution in [-0.4, -0.2) is 19.7 Å². The van der Waals surface area contributed by atoms with Crippen LogP contribution >= 0.6 is 15.9 Å². The highest BCUT2D eigenvalue weighted by Gasteiger charge is 2.10. The summed E-state index contributed by atoms with van der Waals surface area (Å²) in [5.74, 6) is -2.29. The first-order valence-corrected chi connectivity index (χ1v) is 4.68. The van der Waals surface area contributed by atoms with Gasteiger partial charge in [0.2, 0.25) is 0 Å². The fourth-order valence-corrected chi connectivity index (χ4v) is 1.05. The lowest BCUT2D eigenvalue weighted by atomic mass is 10.3. The van der Waals surface area contributed by atoms with E-state index >= 15 is 0 Å². The molecule has 1 rings (SSSR count). The zero-order chi connectivity index (χ0) is 11.4. The normalized spacial score (nSPS) is 9.87. The predicted molar refractivity (Wildman–Crippen MR) is 51.6 cm³/mol. The van der Waals surface area contributed by atoms with Crippen molar-refractivity contribution in [1.29, 1.82) is 0 Å². The summed E-state index contributed by atoms with van der Waals surface area (Å²) in [6, 6.07) is 1.94. The van der Waals surface area contributed by atoms with Crippen molar-refractivity contribution in [1.82, 2.24) is 0 Å². The van der Waals surface area contributed by atoms with Gasteiger partial charge in [-0.3, -0.25) is 0 Å². The van der Waals surface area contributed by atoms with E-state index in [-0.39, 0.29) is 10.2 Å². The van der Waals surface area contributed by atoms with Crippen molar-refractivity contribution in [2.75, 3.05) is 13.7 Å². The van der Waals surface area contributed by atoms with Crippen molar-refractivity contribution in [3.8, 4) is 5.75 Å². The summed E-state index contributed by atoms with van der Waals surface area (Å²) >= 11 is 2.71. The van der Waals surface area contributed by atoms with Gasteiger partial charge in [-0.2, -0.15) is 0 Å². The molecule has 0 aliphatic rings. The van der Waals surface area contributed by atoms with E-state index in [0.29, 0.717) is 0 Å². The number of benzene rings is 1. The molecule has 0 amide bonds. The summed E-state index contributed by atoms with van der Waals surface area (Å²) in [5, 5.41) is 0. The van der Waals surface area contributed by atoms with E-state index in [0.717, 1.165) is 12.1 Å². The molecule has 0 saturated carbocycles. The molecular weight excluding hydrogens is 274 g/mol. The first-order chi connectivity index (χ1) is 7.04. The van der Waals surface area contributed by atoms with Crippen LogP contribution in [0.3, 0.4) is 0 Å². The van der Waals surface area contributed by atoms with Gasteiger partial charge in [-0.1, -0.05) is 0 Å². The molecule has 1 aromatic carbocycles. The molecule has 6 heteroatoms. The van der Waals surface area contributed by atoms with Crippen LogP contribution in [0.4, 0.5) is 8.78 Å². The summed E-state index contributed by atoms with van der Waals surface area (Å²) in [6.07, 6.45) is 0. The third kappa shape index (κ3) is 3.16. The minimum Gasteiger partial charge on any atom is -0.482 e. The van der Waals surface area contributed by atoms with Crippen LogP contribution < -0.4 is 4.74 Å². The van der Waals surface area contributed by atoms with E-state index in [4.69, 9.17) is 4.74 Å². The molecule has 0 fully saturated rings. The summed E-state index contributed by atoms with van der Waals surface area (Å²) in [4.78, 5) is 10.7. The molecule has 0 aliphatic carbocycles.